The molecular weight excluding hydrogens is 224 g/mol. The van der Waals surface area contributed by atoms with E-state index in [1.807, 2.05) is 11.5 Å². The summed E-state index contributed by atoms with van der Waals surface area (Å²) < 4.78 is 5.04. The summed E-state index contributed by atoms with van der Waals surface area (Å²) in [6.45, 7) is 0. The molecule has 1 aromatic carbocycles. The molecule has 0 atom stereocenters. The lowest BCUT2D eigenvalue weighted by atomic mass is 10.2. The monoisotopic (exact) mass is 234 g/mol. The smallest absolute Gasteiger partial charge is 0.361 e. The highest BCUT2D eigenvalue weighted by Gasteiger charge is 2.05. The van der Waals surface area contributed by atoms with E-state index in [2.05, 4.69) is 10.9 Å². The number of nitrogens with two attached hydrogens (primary N) is 1. The summed E-state index contributed by atoms with van der Waals surface area (Å²) >= 11 is 0. The van der Waals surface area contributed by atoms with Crippen LogP contribution in [0.4, 0.5) is 10.5 Å². The SMILES string of the molecule is NNC(=O)NNc1cc2ccccc2oc1=O. The van der Waals surface area contributed by atoms with Crippen molar-refractivity contribution in [3.05, 3.63) is 40.8 Å². The molecule has 1 aromatic heterocycles. The summed E-state index contributed by atoms with van der Waals surface area (Å²) in [5.74, 6) is 4.86. The van der Waals surface area contributed by atoms with Crippen molar-refractivity contribution >= 4 is 22.7 Å². The molecule has 17 heavy (non-hydrogen) atoms. The molecule has 0 aliphatic carbocycles. The molecule has 0 saturated carbocycles. The zero-order chi connectivity index (χ0) is 12.3. The van der Waals surface area contributed by atoms with Gasteiger partial charge in [-0.15, -0.1) is 0 Å². The van der Waals surface area contributed by atoms with E-state index < -0.39 is 11.7 Å². The highest BCUT2D eigenvalue weighted by Crippen LogP contribution is 2.14. The number of para-hydroxylation sites is 1. The number of hydrogen-bond acceptors (Lipinski definition) is 5. The molecule has 0 unspecified atom stereocenters. The lowest BCUT2D eigenvalue weighted by molar-refractivity contribution is 0.243. The van der Waals surface area contributed by atoms with Crippen molar-refractivity contribution < 1.29 is 9.21 Å². The number of hydrazine groups is 2. The lowest BCUT2D eigenvalue weighted by Gasteiger charge is -2.06. The molecule has 5 N–H and O–H groups in total. The Morgan fingerprint density at radius 2 is 2.06 bits per heavy atom. The Labute approximate surface area is 95.5 Å². The Bertz CT molecular complexity index is 608. The third-order valence-electron chi connectivity index (χ3n) is 2.08. The number of carbonyl (C=O) groups excluding carboxylic acids is 1. The molecule has 88 valence electrons. The predicted molar refractivity (Wildman–Crippen MR) is 62.0 cm³/mol. The topological polar surface area (TPSA) is 109 Å². The van der Waals surface area contributed by atoms with Gasteiger partial charge in [-0.2, -0.15) is 0 Å². The summed E-state index contributed by atoms with van der Waals surface area (Å²) in [5.41, 5.74) is 6.44. The average molecular weight is 234 g/mol. The predicted octanol–water partition coefficient (Wildman–Crippen LogP) is 0.293. The molecule has 0 radical (unpaired) electrons. The number of fused-ring (bicyclic) bond motifs is 1. The Hall–Kier alpha value is -2.54. The van der Waals surface area contributed by atoms with Crippen LogP contribution in [0.2, 0.25) is 0 Å². The Morgan fingerprint density at radius 3 is 2.82 bits per heavy atom. The fourth-order valence-corrected chi connectivity index (χ4v) is 1.31. The first kappa shape index (κ1) is 11.0. The minimum absolute atomic E-state index is 0.118. The highest BCUT2D eigenvalue weighted by atomic mass is 16.4. The van der Waals surface area contributed by atoms with E-state index >= 15 is 0 Å². The summed E-state index contributed by atoms with van der Waals surface area (Å²) in [4.78, 5) is 22.3. The lowest BCUT2D eigenvalue weighted by Crippen LogP contribution is -2.43. The van der Waals surface area contributed by atoms with Gasteiger partial charge in [0.15, 0.2) is 0 Å². The van der Waals surface area contributed by atoms with E-state index in [0.717, 1.165) is 5.39 Å². The molecule has 2 amide bonds. The maximum absolute atomic E-state index is 11.5. The zero-order valence-electron chi connectivity index (χ0n) is 8.69. The summed E-state index contributed by atoms with van der Waals surface area (Å²) in [6.07, 6.45) is 0. The minimum Gasteiger partial charge on any atom is -0.421 e. The van der Waals surface area contributed by atoms with Crippen LogP contribution in [0, 0.1) is 0 Å². The molecule has 0 saturated heterocycles. The number of carbonyl (C=O) groups is 1. The van der Waals surface area contributed by atoms with Crippen LogP contribution < -0.4 is 27.7 Å². The van der Waals surface area contributed by atoms with Crippen LogP contribution in [-0.4, -0.2) is 6.03 Å². The number of benzene rings is 1. The second-order valence-electron chi connectivity index (χ2n) is 3.21. The van der Waals surface area contributed by atoms with Gasteiger partial charge in [0, 0.05) is 5.39 Å². The number of nitrogens with one attached hydrogen (secondary N) is 3. The molecule has 0 bridgehead atoms. The molecule has 2 rings (SSSR count). The highest BCUT2D eigenvalue weighted by molar-refractivity contribution is 5.80. The molecular formula is C10H10N4O3. The molecule has 7 heteroatoms. The summed E-state index contributed by atoms with van der Waals surface area (Å²) in [6, 6.07) is 7.94. The third-order valence-corrected chi connectivity index (χ3v) is 2.08. The molecule has 0 aliphatic rings. The van der Waals surface area contributed by atoms with Crippen LogP contribution >= 0.6 is 0 Å². The zero-order valence-corrected chi connectivity index (χ0v) is 8.69. The van der Waals surface area contributed by atoms with E-state index in [1.165, 1.54) is 0 Å². The second kappa shape index (κ2) is 4.54. The number of urea groups is 1. The second-order valence-corrected chi connectivity index (χ2v) is 3.21. The van der Waals surface area contributed by atoms with E-state index in [-0.39, 0.29) is 5.69 Å². The van der Waals surface area contributed by atoms with Gasteiger partial charge in [-0.3, -0.25) is 16.3 Å². The van der Waals surface area contributed by atoms with Gasteiger partial charge in [0.2, 0.25) is 0 Å². The van der Waals surface area contributed by atoms with Gasteiger partial charge in [0.1, 0.15) is 11.3 Å². The molecule has 0 aliphatic heterocycles. The number of amides is 2. The first-order valence-electron chi connectivity index (χ1n) is 4.76. The Morgan fingerprint density at radius 1 is 1.29 bits per heavy atom. The fourth-order valence-electron chi connectivity index (χ4n) is 1.31. The van der Waals surface area contributed by atoms with Gasteiger partial charge in [0.05, 0.1) is 0 Å². The van der Waals surface area contributed by atoms with E-state index in [4.69, 9.17) is 10.3 Å². The minimum atomic E-state index is -0.669. The Kier molecular flexibility index (Phi) is 2.93. The van der Waals surface area contributed by atoms with Crippen molar-refractivity contribution in [2.75, 3.05) is 5.43 Å². The van der Waals surface area contributed by atoms with Gasteiger partial charge >= 0.3 is 11.7 Å². The van der Waals surface area contributed by atoms with Crippen molar-refractivity contribution in [1.29, 1.82) is 0 Å². The normalized spacial score (nSPS) is 9.94. The quantitative estimate of drug-likeness (QED) is 0.258. The molecule has 0 spiro atoms. The van der Waals surface area contributed by atoms with Crippen LogP contribution in [0.3, 0.4) is 0 Å². The maximum atomic E-state index is 11.5. The van der Waals surface area contributed by atoms with Crippen LogP contribution in [0.25, 0.3) is 11.0 Å². The fraction of sp³-hybridized carbons (Fsp3) is 0. The standard InChI is InChI=1S/C10H10N4O3/c11-12-10(16)14-13-7-5-6-3-1-2-4-8(6)17-9(7)15/h1-5,13H,11H2,(H2,12,14,16). The Balaban J connectivity index is 2.31. The van der Waals surface area contributed by atoms with Gasteiger partial charge in [0.25, 0.3) is 0 Å². The van der Waals surface area contributed by atoms with Crippen molar-refractivity contribution in [3.8, 4) is 0 Å². The van der Waals surface area contributed by atoms with Gasteiger partial charge in [-0.1, -0.05) is 18.2 Å². The molecule has 7 nitrogen and oxygen atoms in total. The van der Waals surface area contributed by atoms with Gasteiger partial charge in [-0.05, 0) is 12.1 Å². The van der Waals surface area contributed by atoms with Crippen molar-refractivity contribution in [1.82, 2.24) is 10.9 Å². The molecule has 1 heterocycles. The van der Waals surface area contributed by atoms with Crippen molar-refractivity contribution in [3.63, 3.8) is 0 Å². The van der Waals surface area contributed by atoms with Crippen LogP contribution in [0.5, 0.6) is 0 Å². The maximum Gasteiger partial charge on any atom is 0.361 e. The van der Waals surface area contributed by atoms with E-state index in [1.54, 1.807) is 24.3 Å². The van der Waals surface area contributed by atoms with Crippen molar-refractivity contribution in [2.45, 2.75) is 0 Å². The summed E-state index contributed by atoms with van der Waals surface area (Å²) in [7, 11) is 0. The van der Waals surface area contributed by atoms with E-state index in [0.29, 0.717) is 5.58 Å². The number of hydrogen-bond donors (Lipinski definition) is 4. The van der Waals surface area contributed by atoms with Gasteiger partial charge < -0.3 is 4.42 Å². The first-order valence-corrected chi connectivity index (χ1v) is 4.76. The molecule has 0 fully saturated rings. The van der Waals surface area contributed by atoms with Crippen molar-refractivity contribution in [2.24, 2.45) is 5.84 Å². The first-order chi connectivity index (χ1) is 8.20. The average Bonchev–Trinajstić information content (AvgIpc) is 2.35. The van der Waals surface area contributed by atoms with Crippen LogP contribution in [0.1, 0.15) is 0 Å². The number of rotatable bonds is 2. The number of anilines is 1. The largest absolute Gasteiger partial charge is 0.421 e. The van der Waals surface area contributed by atoms with Crippen LogP contribution in [-0.2, 0) is 0 Å². The van der Waals surface area contributed by atoms with E-state index in [9.17, 15) is 9.59 Å². The summed E-state index contributed by atoms with van der Waals surface area (Å²) in [5, 5.41) is 0.740. The third kappa shape index (κ3) is 2.34. The van der Waals surface area contributed by atoms with Crippen LogP contribution in [0.15, 0.2) is 39.5 Å². The van der Waals surface area contributed by atoms with Gasteiger partial charge in [-0.25, -0.2) is 15.4 Å². The molecule has 2 aromatic rings.